The maximum Gasteiger partial charge on any atom is 0.323 e. The highest BCUT2D eigenvalue weighted by molar-refractivity contribution is 5.75. The summed E-state index contributed by atoms with van der Waals surface area (Å²) in [7, 11) is 1.49. The normalized spacial score (nSPS) is 19.9. The number of likely N-dealkylation sites (tertiary alicyclic amines) is 1. The number of rotatable bonds is 5. The van der Waals surface area contributed by atoms with E-state index in [1.807, 2.05) is 0 Å². The van der Waals surface area contributed by atoms with E-state index >= 15 is 0 Å². The molecule has 1 aliphatic heterocycles. The average molecular weight is 213 g/mol. The lowest BCUT2D eigenvalue weighted by molar-refractivity contribution is -0.147. The van der Waals surface area contributed by atoms with Crippen molar-refractivity contribution in [1.82, 2.24) is 4.90 Å². The first-order valence-corrected chi connectivity index (χ1v) is 6.11. The van der Waals surface area contributed by atoms with Crippen molar-refractivity contribution >= 4 is 5.97 Å². The van der Waals surface area contributed by atoms with Crippen molar-refractivity contribution in [3.63, 3.8) is 0 Å². The van der Waals surface area contributed by atoms with Gasteiger partial charge in [0.05, 0.1) is 7.11 Å². The standard InChI is InChI=1S/C12H23NO2/c1-3-4-8-11(12(14)15-2)13-9-6-5-7-10-13/h11H,3-10H2,1-2H3. The Morgan fingerprint density at radius 3 is 2.53 bits per heavy atom. The van der Waals surface area contributed by atoms with Gasteiger partial charge in [-0.25, -0.2) is 0 Å². The highest BCUT2D eigenvalue weighted by Gasteiger charge is 2.26. The number of methoxy groups -OCH3 is 1. The lowest BCUT2D eigenvalue weighted by Crippen LogP contribution is -2.44. The molecule has 1 unspecified atom stereocenters. The highest BCUT2D eigenvalue weighted by Crippen LogP contribution is 2.17. The van der Waals surface area contributed by atoms with Crippen molar-refractivity contribution in [2.75, 3.05) is 20.2 Å². The number of hydrogen-bond donors (Lipinski definition) is 0. The van der Waals surface area contributed by atoms with Gasteiger partial charge in [0.25, 0.3) is 0 Å². The van der Waals surface area contributed by atoms with Crippen LogP contribution in [0.3, 0.4) is 0 Å². The molecule has 0 aromatic carbocycles. The molecule has 0 spiro atoms. The molecule has 1 saturated heterocycles. The fourth-order valence-electron chi connectivity index (χ4n) is 2.21. The summed E-state index contributed by atoms with van der Waals surface area (Å²) in [6, 6.07) is 0.00949. The number of nitrogens with zero attached hydrogens (tertiary/aromatic N) is 1. The fraction of sp³-hybridized carbons (Fsp3) is 0.917. The molecule has 0 aliphatic carbocycles. The molecule has 88 valence electrons. The van der Waals surface area contributed by atoms with Crippen LogP contribution in [0, 0.1) is 0 Å². The number of carbonyl (C=O) groups excluding carboxylic acids is 1. The summed E-state index contributed by atoms with van der Waals surface area (Å²) >= 11 is 0. The van der Waals surface area contributed by atoms with Crippen molar-refractivity contribution in [1.29, 1.82) is 0 Å². The van der Waals surface area contributed by atoms with Crippen LogP contribution in [0.25, 0.3) is 0 Å². The quantitative estimate of drug-likeness (QED) is 0.656. The van der Waals surface area contributed by atoms with Crippen LogP contribution in [-0.2, 0) is 9.53 Å². The van der Waals surface area contributed by atoms with Gasteiger partial charge in [-0.05, 0) is 32.4 Å². The van der Waals surface area contributed by atoms with E-state index in [4.69, 9.17) is 4.74 Å². The van der Waals surface area contributed by atoms with E-state index < -0.39 is 0 Å². The molecule has 3 heteroatoms. The van der Waals surface area contributed by atoms with Crippen LogP contribution >= 0.6 is 0 Å². The van der Waals surface area contributed by atoms with Crippen LogP contribution in [0.1, 0.15) is 45.4 Å². The van der Waals surface area contributed by atoms with E-state index in [0.717, 1.165) is 32.4 Å². The van der Waals surface area contributed by atoms with Crippen LogP contribution in [0.5, 0.6) is 0 Å². The molecular formula is C12H23NO2. The second-order valence-corrected chi connectivity index (χ2v) is 4.28. The van der Waals surface area contributed by atoms with E-state index in [1.54, 1.807) is 0 Å². The fourth-order valence-corrected chi connectivity index (χ4v) is 2.21. The lowest BCUT2D eigenvalue weighted by atomic mass is 10.0. The molecule has 3 nitrogen and oxygen atoms in total. The van der Waals surface area contributed by atoms with Gasteiger partial charge in [-0.3, -0.25) is 9.69 Å². The maximum atomic E-state index is 11.7. The van der Waals surface area contributed by atoms with Gasteiger partial charge in [-0.1, -0.05) is 26.2 Å². The van der Waals surface area contributed by atoms with Gasteiger partial charge in [-0.2, -0.15) is 0 Å². The van der Waals surface area contributed by atoms with Crippen LogP contribution in [0.4, 0.5) is 0 Å². The van der Waals surface area contributed by atoms with Crippen molar-refractivity contribution in [3.8, 4) is 0 Å². The molecular weight excluding hydrogens is 190 g/mol. The average Bonchev–Trinajstić information content (AvgIpc) is 2.30. The van der Waals surface area contributed by atoms with Crippen molar-refractivity contribution in [2.24, 2.45) is 0 Å². The highest BCUT2D eigenvalue weighted by atomic mass is 16.5. The molecule has 0 aromatic rings. The molecule has 0 saturated carbocycles. The summed E-state index contributed by atoms with van der Waals surface area (Å²) in [5, 5.41) is 0. The first-order chi connectivity index (χ1) is 7.29. The van der Waals surface area contributed by atoms with Gasteiger partial charge in [0.1, 0.15) is 6.04 Å². The molecule has 0 radical (unpaired) electrons. The Bertz CT molecular complexity index is 188. The Balaban J connectivity index is 2.49. The number of ether oxygens (including phenoxy) is 1. The first-order valence-electron chi connectivity index (χ1n) is 6.11. The predicted octanol–water partition coefficient (Wildman–Crippen LogP) is 2.20. The van der Waals surface area contributed by atoms with Gasteiger partial charge >= 0.3 is 5.97 Å². The second kappa shape index (κ2) is 6.83. The third-order valence-corrected chi connectivity index (χ3v) is 3.14. The molecule has 1 aliphatic rings. The van der Waals surface area contributed by atoms with E-state index in [1.165, 1.54) is 26.4 Å². The summed E-state index contributed by atoms with van der Waals surface area (Å²) in [5.74, 6) is -0.0506. The zero-order valence-corrected chi connectivity index (χ0v) is 10.00. The van der Waals surface area contributed by atoms with Crippen LogP contribution in [-0.4, -0.2) is 37.1 Å². The topological polar surface area (TPSA) is 29.5 Å². The van der Waals surface area contributed by atoms with E-state index in [0.29, 0.717) is 0 Å². The number of piperidine rings is 1. The van der Waals surface area contributed by atoms with Gasteiger partial charge in [0, 0.05) is 0 Å². The van der Waals surface area contributed by atoms with Gasteiger partial charge in [0.2, 0.25) is 0 Å². The summed E-state index contributed by atoms with van der Waals surface area (Å²) in [6.45, 7) is 4.28. The molecule has 1 rings (SSSR count). The third kappa shape index (κ3) is 3.82. The smallest absolute Gasteiger partial charge is 0.323 e. The summed E-state index contributed by atoms with van der Waals surface area (Å²) in [4.78, 5) is 13.9. The minimum atomic E-state index is -0.0506. The molecule has 0 aromatic heterocycles. The van der Waals surface area contributed by atoms with Gasteiger partial charge in [-0.15, -0.1) is 0 Å². The molecule has 0 amide bonds. The molecule has 15 heavy (non-hydrogen) atoms. The summed E-state index contributed by atoms with van der Waals surface area (Å²) < 4.78 is 4.88. The Kier molecular flexibility index (Phi) is 5.69. The molecule has 1 fully saturated rings. The number of hydrogen-bond acceptors (Lipinski definition) is 3. The van der Waals surface area contributed by atoms with Gasteiger partial charge < -0.3 is 4.74 Å². The van der Waals surface area contributed by atoms with Crippen LogP contribution in [0.15, 0.2) is 0 Å². The van der Waals surface area contributed by atoms with E-state index in [2.05, 4.69) is 11.8 Å². The monoisotopic (exact) mass is 213 g/mol. The maximum absolute atomic E-state index is 11.7. The van der Waals surface area contributed by atoms with E-state index in [9.17, 15) is 4.79 Å². The number of esters is 1. The Morgan fingerprint density at radius 2 is 2.00 bits per heavy atom. The largest absolute Gasteiger partial charge is 0.468 e. The number of unbranched alkanes of at least 4 members (excludes halogenated alkanes) is 1. The molecule has 1 atom stereocenters. The predicted molar refractivity (Wildman–Crippen MR) is 60.8 cm³/mol. The zero-order valence-electron chi connectivity index (χ0n) is 10.00. The van der Waals surface area contributed by atoms with Crippen molar-refractivity contribution in [2.45, 2.75) is 51.5 Å². The van der Waals surface area contributed by atoms with Gasteiger partial charge in [0.15, 0.2) is 0 Å². The minimum Gasteiger partial charge on any atom is -0.468 e. The second-order valence-electron chi connectivity index (χ2n) is 4.28. The van der Waals surface area contributed by atoms with Crippen LogP contribution < -0.4 is 0 Å². The van der Waals surface area contributed by atoms with Crippen molar-refractivity contribution in [3.05, 3.63) is 0 Å². The molecule has 0 bridgehead atoms. The zero-order chi connectivity index (χ0) is 11.1. The molecule has 1 heterocycles. The Labute approximate surface area is 92.8 Å². The first kappa shape index (κ1) is 12.5. The van der Waals surface area contributed by atoms with E-state index in [-0.39, 0.29) is 12.0 Å². The lowest BCUT2D eigenvalue weighted by Gasteiger charge is -2.32. The summed E-state index contributed by atoms with van der Waals surface area (Å²) in [6.07, 6.45) is 6.94. The van der Waals surface area contributed by atoms with Crippen molar-refractivity contribution < 1.29 is 9.53 Å². The Morgan fingerprint density at radius 1 is 1.33 bits per heavy atom. The SMILES string of the molecule is CCCCC(C(=O)OC)N1CCCCC1. The van der Waals surface area contributed by atoms with Crippen LogP contribution in [0.2, 0.25) is 0 Å². The minimum absolute atomic E-state index is 0.00949. The summed E-state index contributed by atoms with van der Waals surface area (Å²) in [5.41, 5.74) is 0. The Hall–Kier alpha value is -0.570. The number of carbonyl (C=O) groups is 1. The molecule has 0 N–H and O–H groups in total. The third-order valence-electron chi connectivity index (χ3n) is 3.14.